The summed E-state index contributed by atoms with van der Waals surface area (Å²) in [7, 11) is 0. The lowest BCUT2D eigenvalue weighted by Crippen LogP contribution is -2.28. The van der Waals surface area contributed by atoms with Crippen molar-refractivity contribution in [3.05, 3.63) is 33.8 Å². The van der Waals surface area contributed by atoms with Gasteiger partial charge in [-0.15, -0.1) is 0 Å². The molecule has 2 N–H and O–H groups in total. The van der Waals surface area contributed by atoms with E-state index in [2.05, 4.69) is 0 Å². The predicted molar refractivity (Wildman–Crippen MR) is 53.7 cm³/mol. The second kappa shape index (κ2) is 3.25. The maximum absolute atomic E-state index is 5.97. The van der Waals surface area contributed by atoms with Crippen molar-refractivity contribution in [1.82, 2.24) is 0 Å². The normalized spacial score (nSPS) is 11.8. The number of hydrogen-bond acceptors (Lipinski definition) is 1. The molecule has 0 unspecified atom stereocenters. The van der Waals surface area contributed by atoms with E-state index in [-0.39, 0.29) is 0 Å². The largest absolute Gasteiger partial charge is 0.322 e. The van der Waals surface area contributed by atoms with Crippen molar-refractivity contribution in [1.29, 1.82) is 0 Å². The summed E-state index contributed by atoms with van der Waals surface area (Å²) < 4.78 is 0. The zero-order valence-corrected chi connectivity index (χ0v) is 8.58. The Balaban J connectivity index is 3.26. The summed E-state index contributed by atoms with van der Waals surface area (Å²) in [5.74, 6) is 0. The molecule has 66 valence electrons. The molecule has 1 aromatic carbocycles. The Hall–Kier alpha value is -0.240. The Morgan fingerprint density at radius 3 is 2.25 bits per heavy atom. The van der Waals surface area contributed by atoms with Crippen LogP contribution in [0.4, 0.5) is 0 Å². The lowest BCUT2D eigenvalue weighted by atomic mass is 9.96. The first kappa shape index (κ1) is 9.85. The quantitative estimate of drug-likeness (QED) is 0.746. The van der Waals surface area contributed by atoms with Crippen LogP contribution in [0.1, 0.15) is 19.4 Å². The maximum atomic E-state index is 5.97. The van der Waals surface area contributed by atoms with Crippen LogP contribution in [0.25, 0.3) is 0 Å². The Labute approximate surface area is 82.5 Å². The Kier molecular flexibility index (Phi) is 2.67. The molecule has 0 saturated heterocycles. The van der Waals surface area contributed by atoms with Gasteiger partial charge in [0.1, 0.15) is 0 Å². The van der Waals surface area contributed by atoms with Crippen molar-refractivity contribution in [3.63, 3.8) is 0 Å². The molecular formula is C9H11Cl2N. The first-order chi connectivity index (χ1) is 5.43. The van der Waals surface area contributed by atoms with Gasteiger partial charge in [-0.25, -0.2) is 0 Å². The average molecular weight is 204 g/mol. The van der Waals surface area contributed by atoms with Gasteiger partial charge in [0, 0.05) is 5.54 Å². The molecule has 0 aliphatic rings. The molecule has 0 aliphatic heterocycles. The van der Waals surface area contributed by atoms with E-state index in [0.29, 0.717) is 10.0 Å². The number of rotatable bonds is 1. The molecule has 0 atom stereocenters. The first-order valence-corrected chi connectivity index (χ1v) is 4.42. The molecule has 0 spiro atoms. The van der Waals surface area contributed by atoms with Gasteiger partial charge in [0.2, 0.25) is 0 Å². The Bertz CT molecular complexity index is 289. The predicted octanol–water partition coefficient (Wildman–Crippen LogP) is 3.19. The van der Waals surface area contributed by atoms with E-state index in [9.17, 15) is 0 Å². The average Bonchev–Trinajstić information content (AvgIpc) is 1.92. The third-order valence-electron chi connectivity index (χ3n) is 1.65. The molecule has 0 saturated carbocycles. The van der Waals surface area contributed by atoms with Gasteiger partial charge in [0.05, 0.1) is 10.0 Å². The van der Waals surface area contributed by atoms with Crippen LogP contribution in [0, 0.1) is 0 Å². The van der Waals surface area contributed by atoms with Crippen LogP contribution in [-0.4, -0.2) is 0 Å². The Morgan fingerprint density at radius 2 is 1.83 bits per heavy atom. The highest BCUT2D eigenvalue weighted by Crippen LogP contribution is 2.31. The summed E-state index contributed by atoms with van der Waals surface area (Å²) in [6.07, 6.45) is 0. The van der Waals surface area contributed by atoms with Gasteiger partial charge in [-0.3, -0.25) is 0 Å². The van der Waals surface area contributed by atoms with Gasteiger partial charge < -0.3 is 5.73 Å². The monoisotopic (exact) mass is 203 g/mol. The van der Waals surface area contributed by atoms with E-state index in [1.807, 2.05) is 26.0 Å². The van der Waals surface area contributed by atoms with Gasteiger partial charge in [-0.2, -0.15) is 0 Å². The fourth-order valence-corrected chi connectivity index (χ4v) is 1.55. The lowest BCUT2D eigenvalue weighted by molar-refractivity contribution is 0.555. The van der Waals surface area contributed by atoms with Gasteiger partial charge >= 0.3 is 0 Å². The topological polar surface area (TPSA) is 26.0 Å². The Morgan fingerprint density at radius 1 is 1.25 bits per heavy atom. The highest BCUT2D eigenvalue weighted by atomic mass is 35.5. The smallest absolute Gasteiger partial charge is 0.0642 e. The number of hydrogen-bond donors (Lipinski definition) is 1. The second-order valence-electron chi connectivity index (χ2n) is 3.32. The van der Waals surface area contributed by atoms with E-state index >= 15 is 0 Å². The maximum Gasteiger partial charge on any atom is 0.0642 e. The molecule has 0 aliphatic carbocycles. The van der Waals surface area contributed by atoms with Crippen LogP contribution in [0.5, 0.6) is 0 Å². The van der Waals surface area contributed by atoms with Crippen LogP contribution >= 0.6 is 23.2 Å². The second-order valence-corrected chi connectivity index (χ2v) is 4.11. The van der Waals surface area contributed by atoms with Gasteiger partial charge in [0.15, 0.2) is 0 Å². The molecular weight excluding hydrogens is 193 g/mol. The molecule has 0 bridgehead atoms. The molecule has 1 aromatic rings. The van der Waals surface area contributed by atoms with Gasteiger partial charge in [-0.05, 0) is 25.5 Å². The fourth-order valence-electron chi connectivity index (χ4n) is 1.00. The summed E-state index contributed by atoms with van der Waals surface area (Å²) in [6.45, 7) is 3.79. The van der Waals surface area contributed by atoms with Crippen LogP contribution in [0.15, 0.2) is 18.2 Å². The molecule has 0 radical (unpaired) electrons. The van der Waals surface area contributed by atoms with Crippen LogP contribution in [-0.2, 0) is 5.54 Å². The number of halogens is 2. The lowest BCUT2D eigenvalue weighted by Gasteiger charge is -2.20. The standard InChI is InChI=1S/C9H11Cl2N/c1-9(2,12)6-4-3-5-7(10)8(6)11/h3-5H,12H2,1-2H3. The molecule has 0 amide bonds. The van der Waals surface area contributed by atoms with Crippen molar-refractivity contribution >= 4 is 23.2 Å². The zero-order valence-electron chi connectivity index (χ0n) is 7.07. The fraction of sp³-hybridized carbons (Fsp3) is 0.333. The van der Waals surface area contributed by atoms with Crippen molar-refractivity contribution in [2.75, 3.05) is 0 Å². The van der Waals surface area contributed by atoms with Crippen molar-refractivity contribution in [3.8, 4) is 0 Å². The van der Waals surface area contributed by atoms with Crippen molar-refractivity contribution in [2.24, 2.45) is 5.73 Å². The van der Waals surface area contributed by atoms with E-state index in [1.165, 1.54) is 0 Å². The highest BCUT2D eigenvalue weighted by Gasteiger charge is 2.18. The van der Waals surface area contributed by atoms with E-state index in [4.69, 9.17) is 28.9 Å². The minimum absolute atomic E-state index is 0.442. The first-order valence-electron chi connectivity index (χ1n) is 3.66. The summed E-state index contributed by atoms with van der Waals surface area (Å²) >= 11 is 11.8. The van der Waals surface area contributed by atoms with Gasteiger partial charge in [-0.1, -0.05) is 35.3 Å². The minimum Gasteiger partial charge on any atom is -0.322 e. The zero-order chi connectivity index (χ0) is 9.35. The van der Waals surface area contributed by atoms with Crippen molar-refractivity contribution < 1.29 is 0 Å². The van der Waals surface area contributed by atoms with Crippen LogP contribution < -0.4 is 5.73 Å². The summed E-state index contributed by atoms with van der Waals surface area (Å²) in [6, 6.07) is 5.48. The number of nitrogens with two attached hydrogens (primary N) is 1. The number of benzene rings is 1. The van der Waals surface area contributed by atoms with Gasteiger partial charge in [0.25, 0.3) is 0 Å². The SMILES string of the molecule is CC(C)(N)c1cccc(Cl)c1Cl. The summed E-state index contributed by atoms with van der Waals surface area (Å²) in [5.41, 5.74) is 6.31. The molecule has 0 fully saturated rings. The molecule has 3 heteroatoms. The van der Waals surface area contributed by atoms with E-state index < -0.39 is 5.54 Å². The van der Waals surface area contributed by atoms with E-state index in [1.54, 1.807) is 6.07 Å². The molecule has 0 aromatic heterocycles. The van der Waals surface area contributed by atoms with Crippen LogP contribution in [0.3, 0.4) is 0 Å². The molecule has 1 nitrogen and oxygen atoms in total. The van der Waals surface area contributed by atoms with Crippen molar-refractivity contribution in [2.45, 2.75) is 19.4 Å². The molecule has 0 heterocycles. The molecule has 1 rings (SSSR count). The highest BCUT2D eigenvalue weighted by molar-refractivity contribution is 6.42. The van der Waals surface area contributed by atoms with Crippen LogP contribution in [0.2, 0.25) is 10.0 Å². The molecule has 12 heavy (non-hydrogen) atoms. The third kappa shape index (κ3) is 1.92. The van der Waals surface area contributed by atoms with E-state index in [0.717, 1.165) is 5.56 Å². The summed E-state index contributed by atoms with van der Waals surface area (Å²) in [5, 5.41) is 1.10. The summed E-state index contributed by atoms with van der Waals surface area (Å²) in [4.78, 5) is 0. The minimum atomic E-state index is -0.442. The third-order valence-corrected chi connectivity index (χ3v) is 2.46.